The molecule has 1 N–H and O–H groups in total. The third kappa shape index (κ3) is 3.66. The molecule has 1 aliphatic rings. The monoisotopic (exact) mass is 262 g/mol. The molecule has 0 spiro atoms. The molecule has 1 aromatic heterocycles. The largest absolute Gasteiger partial charge is 0.357 e. The van der Waals surface area contributed by atoms with E-state index >= 15 is 0 Å². The van der Waals surface area contributed by atoms with Gasteiger partial charge in [-0.2, -0.15) is 0 Å². The van der Waals surface area contributed by atoms with E-state index < -0.39 is 0 Å². The van der Waals surface area contributed by atoms with E-state index in [0.717, 1.165) is 30.4 Å². The van der Waals surface area contributed by atoms with Crippen LogP contribution in [0.25, 0.3) is 0 Å². The quantitative estimate of drug-likeness (QED) is 0.908. The molecule has 1 unspecified atom stereocenters. The summed E-state index contributed by atoms with van der Waals surface area (Å²) in [6.07, 6.45) is 3.68. The van der Waals surface area contributed by atoms with E-state index in [1.165, 1.54) is 19.3 Å². The molecule has 0 amide bonds. The summed E-state index contributed by atoms with van der Waals surface area (Å²) in [5, 5.41) is 3.47. The molecule has 0 aliphatic carbocycles. The van der Waals surface area contributed by atoms with Gasteiger partial charge in [0.2, 0.25) is 0 Å². The lowest BCUT2D eigenvalue weighted by atomic mass is 10.1. The normalized spacial score (nSPS) is 20.4. The standard InChI is InChI=1S/C15H26N4/c1-11(2)15-17-12(3)10-14(18-15)19(4)13-6-5-8-16-9-7-13/h10-11,13,16H,5-9H2,1-4H3. The van der Waals surface area contributed by atoms with Crippen LogP contribution >= 0.6 is 0 Å². The number of aryl methyl sites for hydroxylation is 1. The molecule has 4 nitrogen and oxygen atoms in total. The smallest absolute Gasteiger partial charge is 0.133 e. The Labute approximate surface area is 116 Å². The second-order valence-corrected chi connectivity index (χ2v) is 5.83. The summed E-state index contributed by atoms with van der Waals surface area (Å²) in [7, 11) is 2.17. The first-order valence-corrected chi connectivity index (χ1v) is 7.37. The Hall–Kier alpha value is -1.16. The highest BCUT2D eigenvalue weighted by atomic mass is 15.2. The summed E-state index contributed by atoms with van der Waals surface area (Å²) < 4.78 is 0. The molecule has 1 aromatic rings. The van der Waals surface area contributed by atoms with Gasteiger partial charge in [0.25, 0.3) is 0 Å². The minimum absolute atomic E-state index is 0.378. The van der Waals surface area contributed by atoms with Gasteiger partial charge in [0.15, 0.2) is 0 Å². The third-order valence-corrected chi connectivity index (χ3v) is 3.83. The van der Waals surface area contributed by atoms with Crippen molar-refractivity contribution in [3.63, 3.8) is 0 Å². The Morgan fingerprint density at radius 2 is 2.05 bits per heavy atom. The molecular formula is C15H26N4. The maximum absolute atomic E-state index is 4.73. The Morgan fingerprint density at radius 3 is 2.79 bits per heavy atom. The molecule has 106 valence electrons. The number of anilines is 1. The molecule has 0 radical (unpaired) electrons. The van der Waals surface area contributed by atoms with Gasteiger partial charge in [-0.15, -0.1) is 0 Å². The number of hydrogen-bond donors (Lipinski definition) is 1. The molecule has 19 heavy (non-hydrogen) atoms. The summed E-state index contributed by atoms with van der Waals surface area (Å²) >= 11 is 0. The minimum atomic E-state index is 0.378. The highest BCUT2D eigenvalue weighted by Gasteiger charge is 2.19. The number of nitrogens with one attached hydrogen (secondary N) is 1. The fourth-order valence-electron chi connectivity index (χ4n) is 2.59. The van der Waals surface area contributed by atoms with Crippen molar-refractivity contribution in [2.24, 2.45) is 0 Å². The van der Waals surface area contributed by atoms with Crippen molar-refractivity contribution in [1.82, 2.24) is 15.3 Å². The zero-order valence-electron chi connectivity index (χ0n) is 12.6. The van der Waals surface area contributed by atoms with Crippen LogP contribution < -0.4 is 10.2 Å². The lowest BCUT2D eigenvalue weighted by Crippen LogP contribution is -2.33. The lowest BCUT2D eigenvalue weighted by Gasteiger charge is -2.28. The van der Waals surface area contributed by atoms with Crippen LogP contribution in [0.3, 0.4) is 0 Å². The van der Waals surface area contributed by atoms with E-state index in [0.29, 0.717) is 12.0 Å². The number of aromatic nitrogens is 2. The van der Waals surface area contributed by atoms with E-state index in [-0.39, 0.29) is 0 Å². The third-order valence-electron chi connectivity index (χ3n) is 3.83. The summed E-state index contributed by atoms with van der Waals surface area (Å²) in [5.74, 6) is 2.40. The topological polar surface area (TPSA) is 41.0 Å². The molecule has 1 saturated heterocycles. The molecule has 2 rings (SSSR count). The Morgan fingerprint density at radius 1 is 1.26 bits per heavy atom. The highest BCUT2D eigenvalue weighted by Crippen LogP contribution is 2.21. The summed E-state index contributed by atoms with van der Waals surface area (Å²) in [5.41, 5.74) is 1.06. The van der Waals surface area contributed by atoms with E-state index in [1.54, 1.807) is 0 Å². The molecule has 1 fully saturated rings. The molecule has 2 heterocycles. The first-order valence-electron chi connectivity index (χ1n) is 7.37. The van der Waals surface area contributed by atoms with Gasteiger partial charge in [-0.25, -0.2) is 9.97 Å². The molecule has 1 aliphatic heterocycles. The molecule has 0 saturated carbocycles. The molecule has 1 atom stereocenters. The summed E-state index contributed by atoms with van der Waals surface area (Å²) in [4.78, 5) is 11.6. The average Bonchev–Trinajstić information content (AvgIpc) is 2.65. The van der Waals surface area contributed by atoms with Crippen molar-refractivity contribution in [3.8, 4) is 0 Å². The predicted molar refractivity (Wildman–Crippen MR) is 79.8 cm³/mol. The summed E-state index contributed by atoms with van der Waals surface area (Å²) in [6, 6.07) is 2.69. The molecule has 0 aromatic carbocycles. The summed E-state index contributed by atoms with van der Waals surface area (Å²) in [6.45, 7) is 8.60. The Bertz CT molecular complexity index is 409. The van der Waals surface area contributed by atoms with Crippen LogP contribution in [-0.4, -0.2) is 36.1 Å². The van der Waals surface area contributed by atoms with Gasteiger partial charge in [0.1, 0.15) is 11.6 Å². The van der Waals surface area contributed by atoms with E-state index in [4.69, 9.17) is 4.98 Å². The number of rotatable bonds is 3. The van der Waals surface area contributed by atoms with Crippen molar-refractivity contribution in [2.75, 3.05) is 25.0 Å². The van der Waals surface area contributed by atoms with Crippen LogP contribution in [0.4, 0.5) is 5.82 Å². The molecule has 0 bridgehead atoms. The van der Waals surface area contributed by atoms with E-state index in [1.807, 2.05) is 0 Å². The highest BCUT2D eigenvalue weighted by molar-refractivity contribution is 5.40. The lowest BCUT2D eigenvalue weighted by molar-refractivity contribution is 0.560. The Balaban J connectivity index is 2.19. The van der Waals surface area contributed by atoms with Crippen molar-refractivity contribution in [3.05, 3.63) is 17.6 Å². The van der Waals surface area contributed by atoms with Gasteiger partial charge < -0.3 is 10.2 Å². The van der Waals surface area contributed by atoms with Crippen LogP contribution in [-0.2, 0) is 0 Å². The Kier molecular flexibility index (Phi) is 4.75. The van der Waals surface area contributed by atoms with Crippen LogP contribution in [0, 0.1) is 6.92 Å². The van der Waals surface area contributed by atoms with Gasteiger partial charge in [-0.1, -0.05) is 13.8 Å². The van der Waals surface area contributed by atoms with Crippen molar-refractivity contribution < 1.29 is 0 Å². The average molecular weight is 262 g/mol. The van der Waals surface area contributed by atoms with Gasteiger partial charge in [0, 0.05) is 30.8 Å². The predicted octanol–water partition coefficient (Wildman–Crippen LogP) is 2.49. The zero-order valence-corrected chi connectivity index (χ0v) is 12.6. The van der Waals surface area contributed by atoms with Crippen molar-refractivity contribution in [2.45, 2.75) is 52.0 Å². The fraction of sp³-hybridized carbons (Fsp3) is 0.733. The van der Waals surface area contributed by atoms with Gasteiger partial charge in [-0.3, -0.25) is 0 Å². The second-order valence-electron chi connectivity index (χ2n) is 5.83. The maximum atomic E-state index is 4.73. The SMILES string of the molecule is Cc1cc(N(C)C2CCCNCC2)nc(C(C)C)n1. The van der Waals surface area contributed by atoms with Crippen molar-refractivity contribution >= 4 is 5.82 Å². The second kappa shape index (κ2) is 6.33. The van der Waals surface area contributed by atoms with Gasteiger partial charge in [-0.05, 0) is 39.3 Å². The van der Waals surface area contributed by atoms with Crippen LogP contribution in [0.1, 0.15) is 50.5 Å². The fourth-order valence-corrected chi connectivity index (χ4v) is 2.59. The minimum Gasteiger partial charge on any atom is -0.357 e. The number of nitrogens with zero attached hydrogens (tertiary/aromatic N) is 3. The maximum Gasteiger partial charge on any atom is 0.133 e. The van der Waals surface area contributed by atoms with E-state index in [2.05, 4.69) is 49.1 Å². The van der Waals surface area contributed by atoms with Crippen molar-refractivity contribution in [1.29, 1.82) is 0 Å². The zero-order chi connectivity index (χ0) is 13.8. The van der Waals surface area contributed by atoms with Crippen LogP contribution in [0.15, 0.2) is 6.07 Å². The number of hydrogen-bond acceptors (Lipinski definition) is 4. The van der Waals surface area contributed by atoms with Crippen LogP contribution in [0.2, 0.25) is 0 Å². The molecular weight excluding hydrogens is 236 g/mol. The first-order chi connectivity index (χ1) is 9.08. The molecule has 4 heteroatoms. The van der Waals surface area contributed by atoms with E-state index in [9.17, 15) is 0 Å². The van der Waals surface area contributed by atoms with Gasteiger partial charge >= 0.3 is 0 Å². The first kappa shape index (κ1) is 14.3. The van der Waals surface area contributed by atoms with Gasteiger partial charge in [0.05, 0.1) is 0 Å². The van der Waals surface area contributed by atoms with Crippen LogP contribution in [0.5, 0.6) is 0 Å².